The van der Waals surface area contributed by atoms with E-state index in [1.54, 1.807) is 0 Å². The Morgan fingerprint density at radius 3 is 3.00 bits per heavy atom. The molecule has 1 N–H and O–H groups in total. The van der Waals surface area contributed by atoms with Crippen molar-refractivity contribution < 1.29 is 14.6 Å². The smallest absolute Gasteiger partial charge is 0.125 e. The molecule has 19 heavy (non-hydrogen) atoms. The standard InChI is InChI=1S/C16H20O3/c1-15-6-7-16(9-17)8-12(15)14(18-10-16)11-4-2-3-5-13(11)19-15/h2-5,12,14,17H,6-10H2,1H3/t12-,14-,15+,16-/m1/s1. The molecule has 1 saturated heterocycles. The summed E-state index contributed by atoms with van der Waals surface area (Å²) in [6, 6.07) is 8.22. The van der Waals surface area contributed by atoms with Gasteiger partial charge in [0.05, 0.1) is 19.3 Å². The maximum Gasteiger partial charge on any atom is 0.125 e. The molecule has 1 aromatic carbocycles. The Hall–Kier alpha value is -1.06. The minimum absolute atomic E-state index is 0.0314. The van der Waals surface area contributed by atoms with Crippen LogP contribution in [0.4, 0.5) is 0 Å². The predicted molar refractivity (Wildman–Crippen MR) is 71.0 cm³/mol. The van der Waals surface area contributed by atoms with E-state index in [4.69, 9.17) is 9.47 Å². The molecule has 0 amide bonds. The molecular weight excluding hydrogens is 240 g/mol. The van der Waals surface area contributed by atoms with Crippen molar-refractivity contribution in [3.8, 4) is 5.75 Å². The first-order valence-electron chi connectivity index (χ1n) is 7.16. The zero-order valence-corrected chi connectivity index (χ0v) is 11.3. The Balaban J connectivity index is 1.80. The molecule has 2 bridgehead atoms. The van der Waals surface area contributed by atoms with Crippen LogP contribution < -0.4 is 4.74 Å². The highest BCUT2D eigenvalue weighted by Gasteiger charge is 2.57. The molecule has 1 aromatic rings. The van der Waals surface area contributed by atoms with Crippen molar-refractivity contribution in [1.29, 1.82) is 0 Å². The van der Waals surface area contributed by atoms with Crippen molar-refractivity contribution in [3.63, 3.8) is 0 Å². The molecule has 0 unspecified atom stereocenters. The highest BCUT2D eigenvalue weighted by molar-refractivity contribution is 5.39. The van der Waals surface area contributed by atoms with E-state index in [1.807, 2.05) is 18.2 Å². The third-order valence-electron chi connectivity index (χ3n) is 5.43. The molecule has 1 aliphatic carbocycles. The van der Waals surface area contributed by atoms with Gasteiger partial charge in [-0.15, -0.1) is 0 Å². The highest BCUT2D eigenvalue weighted by Crippen LogP contribution is 2.58. The number of benzene rings is 1. The predicted octanol–water partition coefficient (Wildman–Crippen LogP) is 2.69. The van der Waals surface area contributed by atoms with Crippen LogP contribution in [0.2, 0.25) is 0 Å². The largest absolute Gasteiger partial charge is 0.487 e. The lowest BCUT2D eigenvalue weighted by Crippen LogP contribution is -2.58. The first kappa shape index (κ1) is 11.7. The topological polar surface area (TPSA) is 38.7 Å². The minimum atomic E-state index is -0.141. The second-order valence-electron chi connectivity index (χ2n) is 6.65. The second kappa shape index (κ2) is 3.74. The Morgan fingerprint density at radius 2 is 2.16 bits per heavy atom. The quantitative estimate of drug-likeness (QED) is 0.843. The van der Waals surface area contributed by atoms with E-state index in [9.17, 15) is 5.11 Å². The summed E-state index contributed by atoms with van der Waals surface area (Å²) < 4.78 is 12.5. The fraction of sp³-hybridized carbons (Fsp3) is 0.625. The van der Waals surface area contributed by atoms with Crippen molar-refractivity contribution in [2.45, 2.75) is 37.9 Å². The van der Waals surface area contributed by atoms with E-state index in [2.05, 4.69) is 13.0 Å². The van der Waals surface area contributed by atoms with Crippen LogP contribution in [0.1, 0.15) is 37.9 Å². The summed E-state index contributed by atoms with van der Waals surface area (Å²) in [6.07, 6.45) is 3.14. The molecule has 0 radical (unpaired) electrons. The molecule has 1 saturated carbocycles. The molecular formula is C16H20O3. The van der Waals surface area contributed by atoms with Crippen molar-refractivity contribution in [2.24, 2.45) is 11.3 Å². The lowest BCUT2D eigenvalue weighted by molar-refractivity contribution is -0.210. The average Bonchev–Trinajstić information content (AvgIpc) is 2.45. The van der Waals surface area contributed by atoms with Gasteiger partial charge in [0.25, 0.3) is 0 Å². The molecule has 3 nitrogen and oxygen atoms in total. The van der Waals surface area contributed by atoms with E-state index >= 15 is 0 Å². The van der Waals surface area contributed by atoms with Gasteiger partial charge in [-0.1, -0.05) is 18.2 Å². The van der Waals surface area contributed by atoms with E-state index in [-0.39, 0.29) is 23.7 Å². The zero-order chi connectivity index (χ0) is 13.1. The number of fused-ring (bicyclic) bond motifs is 3. The number of ether oxygens (including phenoxy) is 2. The molecule has 0 aromatic heterocycles. The number of hydrogen-bond donors (Lipinski definition) is 1. The molecule has 0 spiro atoms. The monoisotopic (exact) mass is 260 g/mol. The van der Waals surface area contributed by atoms with Crippen molar-refractivity contribution >= 4 is 0 Å². The number of aliphatic hydroxyl groups excluding tert-OH is 1. The third kappa shape index (κ3) is 1.52. The summed E-state index contributed by atoms with van der Waals surface area (Å²) in [4.78, 5) is 0. The van der Waals surface area contributed by atoms with Crippen molar-refractivity contribution in [2.75, 3.05) is 13.2 Å². The number of hydrogen-bond acceptors (Lipinski definition) is 3. The van der Waals surface area contributed by atoms with Gasteiger partial charge in [-0.2, -0.15) is 0 Å². The van der Waals surface area contributed by atoms with Gasteiger partial charge in [0, 0.05) is 16.9 Å². The average molecular weight is 260 g/mol. The molecule has 4 atom stereocenters. The molecule has 102 valence electrons. The minimum Gasteiger partial charge on any atom is -0.487 e. The van der Waals surface area contributed by atoms with Gasteiger partial charge in [0.15, 0.2) is 0 Å². The van der Waals surface area contributed by atoms with Crippen LogP contribution >= 0.6 is 0 Å². The first-order chi connectivity index (χ1) is 9.16. The van der Waals surface area contributed by atoms with Crippen LogP contribution in [-0.2, 0) is 4.74 Å². The Labute approximate surface area is 113 Å². The fourth-order valence-corrected chi connectivity index (χ4v) is 4.11. The molecule has 3 heteroatoms. The summed E-state index contributed by atoms with van der Waals surface area (Å²) in [7, 11) is 0. The van der Waals surface area contributed by atoms with Gasteiger partial charge >= 0.3 is 0 Å². The molecule has 2 heterocycles. The second-order valence-corrected chi connectivity index (χ2v) is 6.65. The Bertz CT molecular complexity index is 514. The maximum atomic E-state index is 9.71. The Kier molecular flexibility index (Phi) is 2.31. The fourth-order valence-electron chi connectivity index (χ4n) is 4.11. The molecule has 3 aliphatic rings. The van der Waals surface area contributed by atoms with Gasteiger partial charge in [-0.3, -0.25) is 0 Å². The molecule has 2 aliphatic heterocycles. The van der Waals surface area contributed by atoms with Crippen LogP contribution in [-0.4, -0.2) is 23.9 Å². The van der Waals surface area contributed by atoms with Crippen molar-refractivity contribution in [3.05, 3.63) is 29.8 Å². The van der Waals surface area contributed by atoms with Crippen LogP contribution in [0.15, 0.2) is 24.3 Å². The van der Waals surface area contributed by atoms with E-state index < -0.39 is 0 Å². The third-order valence-corrected chi connectivity index (χ3v) is 5.43. The Morgan fingerprint density at radius 1 is 1.32 bits per heavy atom. The summed E-state index contributed by atoms with van der Waals surface area (Å²) in [5.41, 5.74) is 1.01. The molecule has 2 fully saturated rings. The summed E-state index contributed by atoms with van der Waals surface area (Å²) in [5, 5.41) is 9.71. The van der Waals surface area contributed by atoms with E-state index in [0.717, 1.165) is 25.0 Å². The maximum absolute atomic E-state index is 9.71. The normalized spacial score (nSPS) is 43.3. The number of para-hydroxylation sites is 1. The van der Waals surface area contributed by atoms with E-state index in [0.29, 0.717) is 12.5 Å². The van der Waals surface area contributed by atoms with Crippen molar-refractivity contribution in [1.82, 2.24) is 0 Å². The highest BCUT2D eigenvalue weighted by atomic mass is 16.5. The van der Waals surface area contributed by atoms with Crippen LogP contribution in [0.5, 0.6) is 5.75 Å². The van der Waals surface area contributed by atoms with E-state index in [1.165, 1.54) is 5.56 Å². The van der Waals surface area contributed by atoms with Crippen LogP contribution in [0.25, 0.3) is 0 Å². The van der Waals surface area contributed by atoms with Gasteiger partial charge in [-0.25, -0.2) is 0 Å². The van der Waals surface area contributed by atoms with Crippen LogP contribution in [0.3, 0.4) is 0 Å². The lowest BCUT2D eigenvalue weighted by Gasteiger charge is -2.57. The summed E-state index contributed by atoms with van der Waals surface area (Å²) >= 11 is 0. The van der Waals surface area contributed by atoms with Gasteiger partial charge in [-0.05, 0) is 32.3 Å². The zero-order valence-electron chi connectivity index (χ0n) is 11.3. The SMILES string of the molecule is C[C@@]12CC[C@@]3(CO)CO[C@H](c4ccccc4O1)[C@H]2C3. The number of aliphatic hydroxyl groups is 1. The van der Waals surface area contributed by atoms with Gasteiger partial charge < -0.3 is 14.6 Å². The van der Waals surface area contributed by atoms with Gasteiger partial charge in [0.1, 0.15) is 11.4 Å². The lowest BCUT2D eigenvalue weighted by atomic mass is 9.59. The summed E-state index contributed by atoms with van der Waals surface area (Å²) in [6.45, 7) is 3.11. The molecule has 4 rings (SSSR count). The van der Waals surface area contributed by atoms with Crippen LogP contribution in [0, 0.1) is 11.3 Å². The number of rotatable bonds is 1. The first-order valence-corrected chi connectivity index (χ1v) is 7.16. The summed E-state index contributed by atoms with van der Waals surface area (Å²) in [5.74, 6) is 1.33. The van der Waals surface area contributed by atoms with Gasteiger partial charge in [0.2, 0.25) is 0 Å².